The number of nitrogens with one attached hydrogen (secondary N) is 2. The summed E-state index contributed by atoms with van der Waals surface area (Å²) in [5.74, 6) is -0.127. The van der Waals surface area contributed by atoms with Crippen molar-refractivity contribution in [3.8, 4) is 0 Å². The zero-order valence-electron chi connectivity index (χ0n) is 10.1. The van der Waals surface area contributed by atoms with E-state index in [-0.39, 0.29) is 5.91 Å². The lowest BCUT2D eigenvalue weighted by Gasteiger charge is -2.03. The van der Waals surface area contributed by atoms with Crippen LogP contribution in [0.25, 0.3) is 0 Å². The predicted octanol–water partition coefficient (Wildman–Crippen LogP) is 0.690. The van der Waals surface area contributed by atoms with Crippen molar-refractivity contribution in [2.24, 2.45) is 7.05 Å². The molecule has 6 nitrogen and oxygen atoms in total. The van der Waals surface area contributed by atoms with Crippen LogP contribution in [0.15, 0.2) is 12.4 Å². The van der Waals surface area contributed by atoms with E-state index in [0.29, 0.717) is 12.1 Å². The van der Waals surface area contributed by atoms with Gasteiger partial charge >= 0.3 is 0 Å². The number of aromatic amines is 1. The number of aryl methyl sites for hydroxylation is 3. The van der Waals surface area contributed by atoms with Gasteiger partial charge in [-0.2, -0.15) is 10.2 Å². The third kappa shape index (κ3) is 2.35. The van der Waals surface area contributed by atoms with Crippen molar-refractivity contribution < 1.29 is 4.79 Å². The SMILES string of the molecule is Cc1n[nH]c(C)c1CNC(=O)c1cnn(C)c1. The van der Waals surface area contributed by atoms with Gasteiger partial charge in [-0.15, -0.1) is 0 Å². The molecule has 2 aromatic rings. The summed E-state index contributed by atoms with van der Waals surface area (Å²) in [7, 11) is 1.78. The Hall–Kier alpha value is -2.11. The Morgan fingerprint density at radius 1 is 1.53 bits per heavy atom. The maximum absolute atomic E-state index is 11.8. The van der Waals surface area contributed by atoms with Crippen molar-refractivity contribution in [2.45, 2.75) is 20.4 Å². The van der Waals surface area contributed by atoms with Gasteiger partial charge in [0.25, 0.3) is 5.91 Å². The lowest BCUT2D eigenvalue weighted by molar-refractivity contribution is 0.0951. The van der Waals surface area contributed by atoms with Gasteiger partial charge in [0.05, 0.1) is 17.5 Å². The van der Waals surface area contributed by atoms with Gasteiger partial charge in [0, 0.05) is 31.0 Å². The van der Waals surface area contributed by atoms with Crippen molar-refractivity contribution >= 4 is 5.91 Å². The van der Waals surface area contributed by atoms with Crippen LogP contribution in [0.4, 0.5) is 0 Å². The summed E-state index contributed by atoms with van der Waals surface area (Å²) in [4.78, 5) is 11.8. The Labute approximate surface area is 99.0 Å². The largest absolute Gasteiger partial charge is 0.348 e. The molecule has 17 heavy (non-hydrogen) atoms. The van der Waals surface area contributed by atoms with Crippen molar-refractivity contribution in [1.82, 2.24) is 25.3 Å². The highest BCUT2D eigenvalue weighted by molar-refractivity contribution is 5.93. The Morgan fingerprint density at radius 3 is 2.82 bits per heavy atom. The highest BCUT2D eigenvalue weighted by Crippen LogP contribution is 2.08. The fourth-order valence-corrected chi connectivity index (χ4v) is 1.64. The molecule has 0 saturated heterocycles. The van der Waals surface area contributed by atoms with Crippen LogP contribution in [0, 0.1) is 13.8 Å². The molecule has 2 aromatic heterocycles. The fourth-order valence-electron chi connectivity index (χ4n) is 1.64. The van der Waals surface area contributed by atoms with E-state index in [1.165, 1.54) is 0 Å². The first-order valence-corrected chi connectivity index (χ1v) is 5.35. The second kappa shape index (κ2) is 4.40. The maximum atomic E-state index is 11.8. The van der Waals surface area contributed by atoms with Crippen LogP contribution in [0.5, 0.6) is 0 Å². The number of hydrogen-bond acceptors (Lipinski definition) is 3. The molecule has 0 fully saturated rings. The minimum absolute atomic E-state index is 0.127. The van der Waals surface area contributed by atoms with Gasteiger partial charge in [0.2, 0.25) is 0 Å². The average Bonchev–Trinajstić information content (AvgIpc) is 2.84. The summed E-state index contributed by atoms with van der Waals surface area (Å²) in [5, 5.41) is 13.8. The van der Waals surface area contributed by atoms with E-state index in [1.807, 2.05) is 13.8 Å². The van der Waals surface area contributed by atoms with Crippen molar-refractivity contribution in [3.63, 3.8) is 0 Å². The third-order valence-electron chi connectivity index (χ3n) is 2.67. The number of H-pyrrole nitrogens is 1. The molecule has 0 radical (unpaired) electrons. The average molecular weight is 233 g/mol. The Morgan fingerprint density at radius 2 is 2.29 bits per heavy atom. The van der Waals surface area contributed by atoms with Crippen LogP contribution in [0.1, 0.15) is 27.3 Å². The molecule has 0 spiro atoms. The van der Waals surface area contributed by atoms with Gasteiger partial charge in [-0.3, -0.25) is 14.6 Å². The second-order valence-electron chi connectivity index (χ2n) is 4.00. The highest BCUT2D eigenvalue weighted by atomic mass is 16.1. The summed E-state index contributed by atoms with van der Waals surface area (Å²) in [6.07, 6.45) is 3.23. The van der Waals surface area contributed by atoms with E-state index < -0.39 is 0 Å². The fraction of sp³-hybridized carbons (Fsp3) is 0.364. The molecule has 1 amide bonds. The molecule has 0 aliphatic heterocycles. The quantitative estimate of drug-likeness (QED) is 0.819. The number of nitrogens with zero attached hydrogens (tertiary/aromatic N) is 3. The molecule has 0 aliphatic rings. The van der Waals surface area contributed by atoms with E-state index in [4.69, 9.17) is 0 Å². The zero-order chi connectivity index (χ0) is 12.4. The minimum atomic E-state index is -0.127. The highest BCUT2D eigenvalue weighted by Gasteiger charge is 2.10. The summed E-state index contributed by atoms with van der Waals surface area (Å²) in [5.41, 5.74) is 3.48. The van der Waals surface area contributed by atoms with Crippen LogP contribution in [0.3, 0.4) is 0 Å². The monoisotopic (exact) mass is 233 g/mol. The van der Waals surface area contributed by atoms with Crippen molar-refractivity contribution in [1.29, 1.82) is 0 Å². The summed E-state index contributed by atoms with van der Waals surface area (Å²) < 4.78 is 1.60. The topological polar surface area (TPSA) is 75.6 Å². The molecule has 2 heterocycles. The van der Waals surface area contributed by atoms with Crippen molar-refractivity contribution in [3.05, 3.63) is 34.9 Å². The first kappa shape index (κ1) is 11.4. The Kier molecular flexibility index (Phi) is 2.95. The molecule has 2 rings (SSSR count). The molecule has 0 aromatic carbocycles. The number of aromatic nitrogens is 4. The summed E-state index contributed by atoms with van der Waals surface area (Å²) in [6, 6.07) is 0. The molecule has 0 aliphatic carbocycles. The van der Waals surface area contributed by atoms with E-state index in [2.05, 4.69) is 20.6 Å². The van der Waals surface area contributed by atoms with Gasteiger partial charge in [-0.05, 0) is 13.8 Å². The molecule has 90 valence electrons. The van der Waals surface area contributed by atoms with E-state index in [9.17, 15) is 4.79 Å². The smallest absolute Gasteiger partial charge is 0.254 e. The summed E-state index contributed by atoms with van der Waals surface area (Å²) in [6.45, 7) is 4.32. The van der Waals surface area contributed by atoms with Crippen LogP contribution in [-0.2, 0) is 13.6 Å². The predicted molar refractivity (Wildman–Crippen MR) is 62.4 cm³/mol. The van der Waals surface area contributed by atoms with Gasteiger partial charge < -0.3 is 5.32 Å². The molecular formula is C11H15N5O. The second-order valence-corrected chi connectivity index (χ2v) is 4.00. The van der Waals surface area contributed by atoms with Gasteiger partial charge in [-0.25, -0.2) is 0 Å². The third-order valence-corrected chi connectivity index (χ3v) is 2.67. The lowest BCUT2D eigenvalue weighted by Crippen LogP contribution is -2.22. The Bertz CT molecular complexity index is 520. The van der Waals surface area contributed by atoms with E-state index in [1.54, 1.807) is 24.1 Å². The lowest BCUT2D eigenvalue weighted by atomic mass is 10.2. The number of carbonyl (C=O) groups excluding carboxylic acids is 1. The first-order valence-electron chi connectivity index (χ1n) is 5.35. The maximum Gasteiger partial charge on any atom is 0.254 e. The van der Waals surface area contributed by atoms with Crippen LogP contribution in [-0.4, -0.2) is 25.9 Å². The Balaban J connectivity index is 2.02. The zero-order valence-corrected chi connectivity index (χ0v) is 10.1. The molecule has 0 unspecified atom stereocenters. The number of rotatable bonds is 3. The molecule has 2 N–H and O–H groups in total. The van der Waals surface area contributed by atoms with E-state index >= 15 is 0 Å². The first-order chi connectivity index (χ1) is 8.08. The van der Waals surface area contributed by atoms with Gasteiger partial charge in [0.15, 0.2) is 0 Å². The molecule has 0 atom stereocenters. The molecular weight excluding hydrogens is 218 g/mol. The summed E-state index contributed by atoms with van der Waals surface area (Å²) >= 11 is 0. The van der Waals surface area contributed by atoms with E-state index in [0.717, 1.165) is 17.0 Å². The number of amides is 1. The normalized spacial score (nSPS) is 10.5. The number of hydrogen-bond donors (Lipinski definition) is 2. The van der Waals surface area contributed by atoms with Crippen molar-refractivity contribution in [2.75, 3.05) is 0 Å². The molecule has 0 saturated carbocycles. The van der Waals surface area contributed by atoms with Crippen LogP contribution in [0.2, 0.25) is 0 Å². The minimum Gasteiger partial charge on any atom is -0.348 e. The van der Waals surface area contributed by atoms with Gasteiger partial charge in [0.1, 0.15) is 0 Å². The molecule has 0 bridgehead atoms. The van der Waals surface area contributed by atoms with Gasteiger partial charge in [-0.1, -0.05) is 0 Å². The van der Waals surface area contributed by atoms with Crippen LogP contribution < -0.4 is 5.32 Å². The molecule has 6 heteroatoms. The van der Waals surface area contributed by atoms with Crippen LogP contribution >= 0.6 is 0 Å². The standard InChI is InChI=1S/C11H15N5O/c1-7-10(8(2)15-14-7)5-12-11(17)9-4-13-16(3)6-9/h4,6H,5H2,1-3H3,(H,12,17)(H,14,15). The number of carbonyl (C=O) groups is 1.